The molecule has 0 fully saturated rings. The molecule has 148 valence electrons. The Labute approximate surface area is 174 Å². The largest absolute Gasteiger partial charge is 0.466 e. The SMILES string of the molecule is CCOC(=O)Cc1csc(NC(=O)c2ccc(Cn3nc(C)c(Br)c3C)o2)n1. The molecule has 28 heavy (non-hydrogen) atoms. The number of nitrogens with zero attached hydrogens (tertiary/aromatic N) is 3. The summed E-state index contributed by atoms with van der Waals surface area (Å²) in [6.45, 7) is 6.36. The molecule has 0 bridgehead atoms. The monoisotopic (exact) mass is 466 g/mol. The fourth-order valence-electron chi connectivity index (χ4n) is 2.53. The van der Waals surface area contributed by atoms with Crippen LogP contribution in [0.25, 0.3) is 0 Å². The Kier molecular flexibility index (Phi) is 6.30. The number of ether oxygens (including phenoxy) is 1. The zero-order chi connectivity index (χ0) is 20.3. The Morgan fingerprint density at radius 2 is 2.14 bits per heavy atom. The lowest BCUT2D eigenvalue weighted by Gasteiger charge is -2.02. The summed E-state index contributed by atoms with van der Waals surface area (Å²) in [6.07, 6.45) is 0.0727. The molecular weight excluding hydrogens is 448 g/mol. The molecule has 0 aliphatic heterocycles. The van der Waals surface area contributed by atoms with E-state index in [-0.39, 0.29) is 18.2 Å². The third-order valence-corrected chi connectivity index (χ3v) is 5.84. The Morgan fingerprint density at radius 3 is 2.82 bits per heavy atom. The molecule has 0 saturated carbocycles. The average Bonchev–Trinajstić information content (AvgIpc) is 3.34. The number of rotatable bonds is 7. The molecule has 0 aromatic carbocycles. The lowest BCUT2D eigenvalue weighted by atomic mass is 10.3. The van der Waals surface area contributed by atoms with Crippen LogP contribution in [-0.4, -0.2) is 33.2 Å². The van der Waals surface area contributed by atoms with Crippen LogP contribution in [0.2, 0.25) is 0 Å². The number of nitrogens with one attached hydrogen (secondary N) is 1. The summed E-state index contributed by atoms with van der Waals surface area (Å²) < 4.78 is 13.3. The maximum Gasteiger partial charge on any atom is 0.311 e. The van der Waals surface area contributed by atoms with Gasteiger partial charge in [0.2, 0.25) is 0 Å². The summed E-state index contributed by atoms with van der Waals surface area (Å²) in [5.41, 5.74) is 2.43. The number of aromatic nitrogens is 3. The van der Waals surface area contributed by atoms with Crippen LogP contribution in [0.15, 0.2) is 26.4 Å². The second-order valence-corrected chi connectivity index (χ2v) is 7.64. The van der Waals surface area contributed by atoms with Gasteiger partial charge in [0, 0.05) is 5.38 Å². The van der Waals surface area contributed by atoms with Gasteiger partial charge in [0.05, 0.1) is 41.1 Å². The van der Waals surface area contributed by atoms with Crippen molar-refractivity contribution in [1.82, 2.24) is 14.8 Å². The maximum absolute atomic E-state index is 12.4. The number of anilines is 1. The van der Waals surface area contributed by atoms with E-state index < -0.39 is 5.91 Å². The summed E-state index contributed by atoms with van der Waals surface area (Å²) in [4.78, 5) is 28.1. The number of thiazole rings is 1. The first-order valence-electron chi connectivity index (χ1n) is 8.57. The summed E-state index contributed by atoms with van der Waals surface area (Å²) in [7, 11) is 0. The Hall–Kier alpha value is -2.46. The van der Waals surface area contributed by atoms with Crippen LogP contribution < -0.4 is 5.32 Å². The van der Waals surface area contributed by atoms with Crippen LogP contribution in [-0.2, 0) is 22.5 Å². The molecule has 1 amide bonds. The molecule has 0 atom stereocenters. The van der Waals surface area contributed by atoms with Crippen LogP contribution in [0, 0.1) is 13.8 Å². The Balaban J connectivity index is 1.62. The standard InChI is InChI=1S/C18H19BrN4O4S/c1-4-26-15(24)7-12-9-28-18(20-12)21-17(25)14-6-5-13(27-14)8-23-11(3)16(19)10(2)22-23/h5-6,9H,4,7-8H2,1-3H3,(H,20,21,25). The fourth-order valence-corrected chi connectivity index (χ4v) is 3.52. The van der Waals surface area contributed by atoms with Crippen molar-refractivity contribution >= 4 is 44.3 Å². The molecule has 3 aromatic heterocycles. The van der Waals surface area contributed by atoms with Gasteiger partial charge in [-0.15, -0.1) is 11.3 Å². The summed E-state index contributed by atoms with van der Waals surface area (Å²) in [5.74, 6) is 0.0399. The number of aryl methyl sites for hydroxylation is 1. The predicted octanol–water partition coefficient (Wildman–Crippen LogP) is 3.72. The first-order chi connectivity index (χ1) is 13.4. The second kappa shape index (κ2) is 8.70. The highest BCUT2D eigenvalue weighted by Gasteiger charge is 2.16. The Morgan fingerprint density at radius 1 is 1.36 bits per heavy atom. The molecule has 0 aliphatic carbocycles. The van der Waals surface area contributed by atoms with Crippen LogP contribution in [0.1, 0.15) is 40.3 Å². The maximum atomic E-state index is 12.4. The zero-order valence-corrected chi connectivity index (χ0v) is 18.0. The van der Waals surface area contributed by atoms with Crippen LogP contribution in [0.5, 0.6) is 0 Å². The number of furan rings is 1. The van der Waals surface area contributed by atoms with Gasteiger partial charge in [-0.1, -0.05) is 0 Å². The number of carbonyl (C=O) groups is 2. The summed E-state index contributed by atoms with van der Waals surface area (Å²) in [6, 6.07) is 3.35. The van der Waals surface area contributed by atoms with E-state index in [2.05, 4.69) is 31.3 Å². The van der Waals surface area contributed by atoms with Crippen LogP contribution in [0.3, 0.4) is 0 Å². The quantitative estimate of drug-likeness (QED) is 0.532. The van der Waals surface area contributed by atoms with Crippen molar-refractivity contribution in [2.45, 2.75) is 33.7 Å². The minimum atomic E-state index is -0.405. The van der Waals surface area contributed by atoms with Gasteiger partial charge in [-0.3, -0.25) is 19.6 Å². The van der Waals surface area contributed by atoms with E-state index in [0.29, 0.717) is 29.7 Å². The van der Waals surface area contributed by atoms with Gasteiger partial charge in [-0.2, -0.15) is 5.10 Å². The van der Waals surface area contributed by atoms with Gasteiger partial charge < -0.3 is 9.15 Å². The molecule has 8 nitrogen and oxygen atoms in total. The first-order valence-corrected chi connectivity index (χ1v) is 10.2. The molecule has 10 heteroatoms. The molecule has 3 heterocycles. The molecule has 0 saturated heterocycles. The summed E-state index contributed by atoms with van der Waals surface area (Å²) >= 11 is 4.73. The van der Waals surface area contributed by atoms with Gasteiger partial charge >= 0.3 is 5.97 Å². The molecule has 1 N–H and O–H groups in total. The zero-order valence-electron chi connectivity index (χ0n) is 15.6. The molecular formula is C18H19BrN4O4S. The van der Waals surface area contributed by atoms with Crippen molar-refractivity contribution in [3.8, 4) is 0 Å². The van der Waals surface area contributed by atoms with Gasteiger partial charge in [-0.05, 0) is 48.8 Å². The minimum absolute atomic E-state index is 0.0727. The first kappa shape index (κ1) is 20.3. The van der Waals surface area contributed by atoms with E-state index >= 15 is 0 Å². The molecule has 0 radical (unpaired) electrons. The Bertz CT molecular complexity index is 1010. The highest BCUT2D eigenvalue weighted by atomic mass is 79.9. The van der Waals surface area contributed by atoms with Crippen molar-refractivity contribution in [3.05, 3.63) is 50.6 Å². The van der Waals surface area contributed by atoms with Crippen molar-refractivity contribution in [2.24, 2.45) is 0 Å². The smallest absolute Gasteiger partial charge is 0.311 e. The number of hydrogen-bond donors (Lipinski definition) is 1. The van der Waals surface area contributed by atoms with E-state index in [1.54, 1.807) is 24.4 Å². The lowest BCUT2D eigenvalue weighted by Crippen LogP contribution is -2.11. The third kappa shape index (κ3) is 4.68. The highest BCUT2D eigenvalue weighted by Crippen LogP contribution is 2.22. The molecule has 0 unspecified atom stereocenters. The van der Waals surface area contributed by atoms with Crippen LogP contribution >= 0.6 is 27.3 Å². The molecule has 3 rings (SSSR count). The van der Waals surface area contributed by atoms with E-state index in [9.17, 15) is 9.59 Å². The third-order valence-electron chi connectivity index (χ3n) is 3.89. The number of halogens is 1. The molecule has 0 aliphatic rings. The van der Waals surface area contributed by atoms with Gasteiger partial charge in [0.15, 0.2) is 10.9 Å². The topological polar surface area (TPSA) is 99.2 Å². The van der Waals surface area contributed by atoms with E-state index in [4.69, 9.17) is 9.15 Å². The van der Waals surface area contributed by atoms with Crippen molar-refractivity contribution in [1.29, 1.82) is 0 Å². The molecule has 0 spiro atoms. The van der Waals surface area contributed by atoms with Crippen molar-refractivity contribution < 1.29 is 18.7 Å². The van der Waals surface area contributed by atoms with E-state index in [1.807, 2.05) is 18.5 Å². The van der Waals surface area contributed by atoms with Crippen LogP contribution in [0.4, 0.5) is 5.13 Å². The number of esters is 1. The molecule has 3 aromatic rings. The highest BCUT2D eigenvalue weighted by molar-refractivity contribution is 9.10. The normalized spacial score (nSPS) is 10.9. The van der Waals surface area contributed by atoms with Gasteiger partial charge in [0.1, 0.15) is 5.76 Å². The summed E-state index contributed by atoms with van der Waals surface area (Å²) in [5, 5.41) is 9.21. The van der Waals surface area contributed by atoms with Crippen molar-refractivity contribution in [3.63, 3.8) is 0 Å². The number of hydrogen-bond acceptors (Lipinski definition) is 7. The second-order valence-electron chi connectivity index (χ2n) is 5.99. The van der Waals surface area contributed by atoms with Crippen molar-refractivity contribution in [2.75, 3.05) is 11.9 Å². The van der Waals surface area contributed by atoms with Gasteiger partial charge in [0.25, 0.3) is 5.91 Å². The van der Waals surface area contributed by atoms with Gasteiger partial charge in [-0.25, -0.2) is 4.98 Å². The van der Waals surface area contributed by atoms with E-state index in [0.717, 1.165) is 15.9 Å². The predicted molar refractivity (Wildman–Crippen MR) is 108 cm³/mol. The lowest BCUT2D eigenvalue weighted by molar-refractivity contribution is -0.142. The minimum Gasteiger partial charge on any atom is -0.466 e. The van der Waals surface area contributed by atoms with E-state index in [1.165, 1.54) is 11.3 Å². The average molecular weight is 467 g/mol. The number of carbonyl (C=O) groups excluding carboxylic acids is 2. The fraction of sp³-hybridized carbons (Fsp3) is 0.333. The number of amides is 1.